The Morgan fingerprint density at radius 3 is 2.58 bits per heavy atom. The first-order chi connectivity index (χ1) is 12.6. The molecule has 0 radical (unpaired) electrons. The van der Waals surface area contributed by atoms with Gasteiger partial charge in [-0.2, -0.15) is 0 Å². The second kappa shape index (κ2) is 10.5. The normalized spacial score (nSPS) is 12.7. The van der Waals surface area contributed by atoms with Crippen LogP contribution < -0.4 is 10.6 Å². The van der Waals surface area contributed by atoms with E-state index >= 15 is 0 Å². The second-order valence-corrected chi connectivity index (χ2v) is 5.89. The summed E-state index contributed by atoms with van der Waals surface area (Å²) < 4.78 is 26.6. The van der Waals surface area contributed by atoms with Gasteiger partial charge in [0.1, 0.15) is 11.6 Å². The Morgan fingerprint density at radius 2 is 1.88 bits per heavy atom. The van der Waals surface area contributed by atoms with E-state index in [-0.39, 0.29) is 0 Å². The van der Waals surface area contributed by atoms with Crippen molar-refractivity contribution in [1.82, 2.24) is 10.6 Å². The Bertz CT molecular complexity index is 707. The van der Waals surface area contributed by atoms with Gasteiger partial charge in [-0.25, -0.2) is 8.78 Å². The van der Waals surface area contributed by atoms with E-state index < -0.39 is 17.7 Å². The van der Waals surface area contributed by atoms with Gasteiger partial charge in [-0.05, 0) is 37.0 Å². The minimum absolute atomic E-state index is 0.420. The summed E-state index contributed by atoms with van der Waals surface area (Å²) in [5.74, 6) is -0.513. The molecule has 0 aliphatic rings. The number of nitrogens with one attached hydrogen (secondary N) is 2. The number of aliphatic hydroxyl groups excluding tert-OH is 1. The zero-order valence-corrected chi connectivity index (χ0v) is 14.9. The van der Waals surface area contributed by atoms with Gasteiger partial charge in [-0.3, -0.25) is 4.99 Å². The van der Waals surface area contributed by atoms with Crippen molar-refractivity contribution in [2.75, 3.05) is 19.6 Å². The standard InChI is InChI=1S/C20H25F2N3O/c1-2-23-20(24-12-10-15-8-9-17(21)14-18(15)22)25-13-11-19(26)16-6-4-3-5-7-16/h3-9,14,19,26H,2,10-13H2,1H3,(H2,23,24,25). The predicted octanol–water partition coefficient (Wildman–Crippen LogP) is 3.19. The van der Waals surface area contributed by atoms with E-state index in [0.29, 0.717) is 44.0 Å². The van der Waals surface area contributed by atoms with Crippen LogP contribution in [0.5, 0.6) is 0 Å². The molecule has 0 aliphatic carbocycles. The summed E-state index contributed by atoms with van der Waals surface area (Å²) in [6, 6.07) is 13.1. The highest BCUT2D eigenvalue weighted by molar-refractivity contribution is 5.79. The number of aliphatic hydroxyl groups is 1. The van der Waals surface area contributed by atoms with E-state index in [1.165, 1.54) is 12.1 Å². The number of guanidine groups is 1. The molecular weight excluding hydrogens is 336 g/mol. The molecule has 6 heteroatoms. The first-order valence-electron chi connectivity index (χ1n) is 8.79. The van der Waals surface area contributed by atoms with E-state index in [4.69, 9.17) is 0 Å². The van der Waals surface area contributed by atoms with Crippen LogP contribution in [-0.4, -0.2) is 30.7 Å². The van der Waals surface area contributed by atoms with Gasteiger partial charge in [0.05, 0.1) is 6.10 Å². The van der Waals surface area contributed by atoms with Crippen molar-refractivity contribution >= 4 is 5.96 Å². The third-order valence-electron chi connectivity index (χ3n) is 3.90. The van der Waals surface area contributed by atoms with Crippen molar-refractivity contribution < 1.29 is 13.9 Å². The van der Waals surface area contributed by atoms with Crippen molar-refractivity contribution in [3.05, 3.63) is 71.3 Å². The molecule has 0 saturated carbocycles. The lowest BCUT2D eigenvalue weighted by Crippen LogP contribution is -2.38. The number of nitrogens with zero attached hydrogens (tertiary/aromatic N) is 1. The highest BCUT2D eigenvalue weighted by Gasteiger charge is 2.07. The molecule has 1 atom stereocenters. The number of hydrogen-bond acceptors (Lipinski definition) is 2. The molecular formula is C20H25F2N3O. The molecule has 0 aromatic heterocycles. The number of halogens is 2. The van der Waals surface area contributed by atoms with Crippen molar-refractivity contribution in [2.24, 2.45) is 4.99 Å². The number of benzene rings is 2. The average Bonchev–Trinajstić information content (AvgIpc) is 2.64. The van der Waals surface area contributed by atoms with Crippen LogP contribution in [0.4, 0.5) is 8.78 Å². The molecule has 0 bridgehead atoms. The first kappa shape index (κ1) is 19.8. The van der Waals surface area contributed by atoms with E-state index in [1.54, 1.807) is 0 Å². The zero-order chi connectivity index (χ0) is 18.8. The summed E-state index contributed by atoms with van der Waals surface area (Å²) >= 11 is 0. The predicted molar refractivity (Wildman–Crippen MR) is 100 cm³/mol. The van der Waals surface area contributed by atoms with Crippen molar-refractivity contribution in [3.63, 3.8) is 0 Å². The molecule has 0 spiro atoms. The van der Waals surface area contributed by atoms with Gasteiger partial charge in [0.25, 0.3) is 0 Å². The average molecular weight is 361 g/mol. The summed E-state index contributed by atoms with van der Waals surface area (Å²) in [5, 5.41) is 16.4. The van der Waals surface area contributed by atoms with Gasteiger partial charge in [-0.15, -0.1) is 0 Å². The molecule has 2 rings (SSSR count). The summed E-state index contributed by atoms with van der Waals surface area (Å²) in [7, 11) is 0. The SMILES string of the molecule is CCNC(=NCCC(O)c1ccccc1)NCCc1ccc(F)cc1F. The van der Waals surface area contributed by atoms with E-state index in [2.05, 4.69) is 15.6 Å². The molecule has 0 aliphatic heterocycles. The maximum atomic E-state index is 13.6. The van der Waals surface area contributed by atoms with Crippen LogP contribution in [-0.2, 0) is 6.42 Å². The molecule has 140 valence electrons. The Morgan fingerprint density at radius 1 is 1.12 bits per heavy atom. The highest BCUT2D eigenvalue weighted by Crippen LogP contribution is 2.15. The maximum absolute atomic E-state index is 13.6. The molecule has 4 nitrogen and oxygen atoms in total. The summed E-state index contributed by atoms with van der Waals surface area (Å²) in [4.78, 5) is 4.43. The van der Waals surface area contributed by atoms with Crippen molar-refractivity contribution in [1.29, 1.82) is 0 Å². The monoisotopic (exact) mass is 361 g/mol. The van der Waals surface area contributed by atoms with E-state index in [1.807, 2.05) is 37.3 Å². The zero-order valence-electron chi connectivity index (χ0n) is 14.9. The molecule has 1 unspecified atom stereocenters. The lowest BCUT2D eigenvalue weighted by atomic mass is 10.1. The highest BCUT2D eigenvalue weighted by atomic mass is 19.1. The van der Waals surface area contributed by atoms with Crippen LogP contribution in [0.3, 0.4) is 0 Å². The summed E-state index contributed by atoms with van der Waals surface area (Å²) in [6.45, 7) is 3.57. The Hall–Kier alpha value is -2.47. The Kier molecular flexibility index (Phi) is 8.02. The quantitative estimate of drug-likeness (QED) is 0.500. The van der Waals surface area contributed by atoms with Gasteiger partial charge >= 0.3 is 0 Å². The largest absolute Gasteiger partial charge is 0.388 e. The smallest absolute Gasteiger partial charge is 0.191 e. The van der Waals surface area contributed by atoms with Gasteiger partial charge < -0.3 is 15.7 Å². The summed E-state index contributed by atoms with van der Waals surface area (Å²) in [6.07, 6.45) is 0.368. The molecule has 3 N–H and O–H groups in total. The van der Waals surface area contributed by atoms with Crippen LogP contribution >= 0.6 is 0 Å². The number of rotatable bonds is 8. The topological polar surface area (TPSA) is 56.7 Å². The van der Waals surface area contributed by atoms with Crippen LogP contribution in [0.25, 0.3) is 0 Å². The Balaban J connectivity index is 1.82. The van der Waals surface area contributed by atoms with Crippen molar-refractivity contribution in [3.8, 4) is 0 Å². The second-order valence-electron chi connectivity index (χ2n) is 5.89. The number of hydrogen-bond donors (Lipinski definition) is 3. The molecule has 0 amide bonds. The van der Waals surface area contributed by atoms with E-state index in [9.17, 15) is 13.9 Å². The van der Waals surface area contributed by atoms with Gasteiger partial charge in [-0.1, -0.05) is 36.4 Å². The fourth-order valence-electron chi connectivity index (χ4n) is 2.52. The summed E-state index contributed by atoms with van der Waals surface area (Å²) in [5.41, 5.74) is 1.32. The molecule has 0 saturated heterocycles. The van der Waals surface area contributed by atoms with Gasteiger partial charge in [0.15, 0.2) is 5.96 Å². The van der Waals surface area contributed by atoms with E-state index in [0.717, 1.165) is 11.6 Å². The van der Waals surface area contributed by atoms with Crippen LogP contribution in [0.2, 0.25) is 0 Å². The molecule has 2 aromatic carbocycles. The number of aliphatic imine (C=N–C) groups is 1. The van der Waals surface area contributed by atoms with Crippen molar-refractivity contribution in [2.45, 2.75) is 25.9 Å². The lowest BCUT2D eigenvalue weighted by molar-refractivity contribution is 0.170. The van der Waals surface area contributed by atoms with Crippen LogP contribution in [0.1, 0.15) is 30.6 Å². The third-order valence-corrected chi connectivity index (χ3v) is 3.90. The minimum atomic E-state index is -0.578. The molecule has 2 aromatic rings. The minimum Gasteiger partial charge on any atom is -0.388 e. The third kappa shape index (κ3) is 6.44. The molecule has 26 heavy (non-hydrogen) atoms. The molecule has 0 heterocycles. The van der Waals surface area contributed by atoms with Gasteiger partial charge in [0, 0.05) is 25.7 Å². The van der Waals surface area contributed by atoms with Crippen LogP contribution in [0.15, 0.2) is 53.5 Å². The maximum Gasteiger partial charge on any atom is 0.191 e. The van der Waals surface area contributed by atoms with Gasteiger partial charge in [0.2, 0.25) is 0 Å². The van der Waals surface area contributed by atoms with Crippen LogP contribution in [0, 0.1) is 11.6 Å². The fraction of sp³-hybridized carbons (Fsp3) is 0.350. The lowest BCUT2D eigenvalue weighted by Gasteiger charge is -2.13. The first-order valence-corrected chi connectivity index (χ1v) is 8.79. The fourth-order valence-corrected chi connectivity index (χ4v) is 2.52. The molecule has 0 fully saturated rings. The Labute approximate surface area is 153 Å².